The molecule has 0 aliphatic rings. The molecule has 0 bridgehead atoms. The van der Waals surface area contributed by atoms with E-state index in [1.54, 1.807) is 6.21 Å². The average molecular weight is 432 g/mol. The number of carbonyl (C=O) groups is 2. The molecule has 0 saturated carbocycles. The minimum atomic E-state index is -0.325. The maximum atomic E-state index is 12.2. The van der Waals surface area contributed by atoms with Crippen molar-refractivity contribution >= 4 is 34.5 Å². The monoisotopic (exact) mass is 431 g/mol. The summed E-state index contributed by atoms with van der Waals surface area (Å²) in [7, 11) is 0. The van der Waals surface area contributed by atoms with Gasteiger partial charge in [-0.25, -0.2) is 5.43 Å². The van der Waals surface area contributed by atoms with Crippen molar-refractivity contribution in [3.05, 3.63) is 71.3 Å². The molecule has 0 heterocycles. The van der Waals surface area contributed by atoms with E-state index >= 15 is 0 Å². The largest absolute Gasteiger partial charge is 0.493 e. The van der Waals surface area contributed by atoms with Gasteiger partial charge in [-0.1, -0.05) is 49.4 Å². The number of hydrogen-bond acceptors (Lipinski definition) is 4. The summed E-state index contributed by atoms with van der Waals surface area (Å²) < 4.78 is 5.85. The number of rotatable bonds is 9. The number of fused-ring (bicyclic) bond motifs is 1. The lowest BCUT2D eigenvalue weighted by Crippen LogP contribution is -2.21. The van der Waals surface area contributed by atoms with Crippen LogP contribution in [0.2, 0.25) is 0 Å². The number of amides is 2. The second-order valence-corrected chi connectivity index (χ2v) is 7.64. The zero-order valence-corrected chi connectivity index (χ0v) is 18.8. The quantitative estimate of drug-likeness (QED) is 0.365. The van der Waals surface area contributed by atoms with Gasteiger partial charge in [0.2, 0.25) is 11.8 Å². The minimum Gasteiger partial charge on any atom is -0.493 e. The van der Waals surface area contributed by atoms with Crippen LogP contribution in [-0.4, -0.2) is 24.6 Å². The maximum absolute atomic E-state index is 12.2. The molecular weight excluding hydrogens is 402 g/mol. The van der Waals surface area contributed by atoms with Gasteiger partial charge in [0.25, 0.3) is 0 Å². The van der Waals surface area contributed by atoms with Gasteiger partial charge in [0.05, 0.1) is 12.8 Å². The van der Waals surface area contributed by atoms with Crippen LogP contribution in [0.4, 0.5) is 5.69 Å². The second kappa shape index (κ2) is 11.1. The van der Waals surface area contributed by atoms with Gasteiger partial charge in [0, 0.05) is 24.1 Å². The Bertz CT molecular complexity index is 1140. The number of nitrogens with zero attached hydrogens (tertiary/aromatic N) is 1. The van der Waals surface area contributed by atoms with E-state index in [0.29, 0.717) is 6.61 Å². The van der Waals surface area contributed by atoms with E-state index in [9.17, 15) is 9.59 Å². The molecule has 0 unspecified atom stereocenters. The Kier molecular flexibility index (Phi) is 7.97. The van der Waals surface area contributed by atoms with Crippen molar-refractivity contribution in [1.82, 2.24) is 5.43 Å². The van der Waals surface area contributed by atoms with E-state index < -0.39 is 0 Å². The van der Waals surface area contributed by atoms with Crippen molar-refractivity contribution in [2.75, 3.05) is 11.9 Å². The van der Waals surface area contributed by atoms with Crippen LogP contribution in [0.3, 0.4) is 0 Å². The first kappa shape index (κ1) is 23.0. The van der Waals surface area contributed by atoms with E-state index in [1.807, 2.05) is 75.4 Å². The van der Waals surface area contributed by atoms with Gasteiger partial charge in [-0.3, -0.25) is 9.59 Å². The molecule has 2 N–H and O–H groups in total. The van der Waals surface area contributed by atoms with Crippen molar-refractivity contribution in [3.63, 3.8) is 0 Å². The van der Waals surface area contributed by atoms with Gasteiger partial charge < -0.3 is 10.1 Å². The highest BCUT2D eigenvalue weighted by atomic mass is 16.5. The summed E-state index contributed by atoms with van der Waals surface area (Å²) >= 11 is 0. The van der Waals surface area contributed by atoms with Crippen LogP contribution in [0.25, 0.3) is 10.8 Å². The van der Waals surface area contributed by atoms with Crippen LogP contribution in [0, 0.1) is 13.8 Å². The molecule has 3 rings (SSSR count). The van der Waals surface area contributed by atoms with Crippen LogP contribution in [0.15, 0.2) is 59.7 Å². The predicted octanol–water partition coefficient (Wildman–Crippen LogP) is 5.11. The van der Waals surface area contributed by atoms with Gasteiger partial charge in [-0.05, 0) is 54.3 Å². The molecule has 0 aliphatic carbocycles. The number of carbonyl (C=O) groups excluding carboxylic acids is 2. The molecule has 0 saturated heterocycles. The van der Waals surface area contributed by atoms with Gasteiger partial charge in [0.15, 0.2) is 0 Å². The third kappa shape index (κ3) is 5.94. The summed E-state index contributed by atoms with van der Waals surface area (Å²) in [5.74, 6) is 0.187. The van der Waals surface area contributed by atoms with Crippen LogP contribution in [0.5, 0.6) is 5.75 Å². The molecule has 32 heavy (non-hydrogen) atoms. The van der Waals surface area contributed by atoms with E-state index in [1.165, 1.54) is 0 Å². The van der Waals surface area contributed by atoms with Gasteiger partial charge >= 0.3 is 0 Å². The van der Waals surface area contributed by atoms with E-state index in [0.717, 1.165) is 45.3 Å². The van der Waals surface area contributed by atoms with Crippen molar-refractivity contribution in [2.24, 2.45) is 5.10 Å². The van der Waals surface area contributed by atoms with E-state index in [-0.39, 0.29) is 24.7 Å². The average Bonchev–Trinajstić information content (AvgIpc) is 2.80. The first-order valence-corrected chi connectivity index (χ1v) is 10.8. The normalized spacial score (nSPS) is 11.0. The Balaban J connectivity index is 1.60. The fourth-order valence-corrected chi connectivity index (χ4v) is 3.30. The second-order valence-electron chi connectivity index (χ2n) is 7.64. The molecule has 0 aliphatic heterocycles. The van der Waals surface area contributed by atoms with E-state index in [2.05, 4.69) is 15.8 Å². The Labute approximate surface area is 188 Å². The standard InChI is InChI=1S/C26H29N3O3/c1-4-16-32-24-13-12-20-9-5-6-10-21(20)22(24)17-27-29-26(31)15-14-25(30)28-23-11-7-8-18(2)19(23)3/h5-13,17H,4,14-16H2,1-3H3,(H,28,30)(H,29,31). The molecule has 6 heteroatoms. The van der Waals surface area contributed by atoms with E-state index in [4.69, 9.17) is 4.74 Å². The molecule has 0 radical (unpaired) electrons. The minimum absolute atomic E-state index is 0.0444. The molecule has 3 aromatic carbocycles. The first-order valence-electron chi connectivity index (χ1n) is 10.8. The summed E-state index contributed by atoms with van der Waals surface area (Å²) in [5, 5.41) is 9.03. The molecule has 166 valence electrons. The van der Waals surface area contributed by atoms with Crippen molar-refractivity contribution in [1.29, 1.82) is 0 Å². The van der Waals surface area contributed by atoms with Crippen molar-refractivity contribution in [3.8, 4) is 5.75 Å². The maximum Gasteiger partial charge on any atom is 0.240 e. The smallest absolute Gasteiger partial charge is 0.240 e. The van der Waals surface area contributed by atoms with Crippen molar-refractivity contribution in [2.45, 2.75) is 40.0 Å². The molecule has 3 aromatic rings. The molecule has 0 fully saturated rings. The zero-order chi connectivity index (χ0) is 22.9. The number of benzene rings is 3. The third-order valence-electron chi connectivity index (χ3n) is 5.23. The number of hydrogen-bond donors (Lipinski definition) is 2. The van der Waals surface area contributed by atoms with Gasteiger partial charge in [-0.15, -0.1) is 0 Å². The Morgan fingerprint density at radius 3 is 2.56 bits per heavy atom. The summed E-state index contributed by atoms with van der Waals surface area (Å²) in [4.78, 5) is 24.4. The number of hydrazone groups is 1. The van der Waals surface area contributed by atoms with Crippen LogP contribution < -0.4 is 15.5 Å². The fraction of sp³-hybridized carbons (Fsp3) is 0.269. The third-order valence-corrected chi connectivity index (χ3v) is 5.23. The number of nitrogens with one attached hydrogen (secondary N) is 2. The van der Waals surface area contributed by atoms with Gasteiger partial charge in [0.1, 0.15) is 5.75 Å². The van der Waals surface area contributed by atoms with Gasteiger partial charge in [-0.2, -0.15) is 5.10 Å². The lowest BCUT2D eigenvalue weighted by molar-refractivity contribution is -0.124. The zero-order valence-electron chi connectivity index (χ0n) is 18.8. The number of aryl methyl sites for hydroxylation is 1. The lowest BCUT2D eigenvalue weighted by Gasteiger charge is -2.11. The number of anilines is 1. The molecule has 0 spiro atoms. The van der Waals surface area contributed by atoms with Crippen LogP contribution in [-0.2, 0) is 9.59 Å². The highest BCUT2D eigenvalue weighted by Gasteiger charge is 2.10. The molecule has 6 nitrogen and oxygen atoms in total. The molecular formula is C26H29N3O3. The highest BCUT2D eigenvalue weighted by Crippen LogP contribution is 2.27. The van der Waals surface area contributed by atoms with Crippen molar-refractivity contribution < 1.29 is 14.3 Å². The lowest BCUT2D eigenvalue weighted by atomic mass is 10.0. The SMILES string of the molecule is CCCOc1ccc2ccccc2c1C=NNC(=O)CCC(=O)Nc1cccc(C)c1C. The van der Waals surface area contributed by atoms with Crippen LogP contribution >= 0.6 is 0 Å². The summed E-state index contributed by atoms with van der Waals surface area (Å²) in [6, 6.07) is 17.6. The Hall–Kier alpha value is -3.67. The van der Waals surface area contributed by atoms with Crippen LogP contribution in [0.1, 0.15) is 42.9 Å². The first-order chi connectivity index (χ1) is 15.5. The topological polar surface area (TPSA) is 79.8 Å². The molecule has 0 aromatic heterocycles. The Morgan fingerprint density at radius 2 is 1.75 bits per heavy atom. The number of ether oxygens (including phenoxy) is 1. The predicted molar refractivity (Wildman–Crippen MR) is 129 cm³/mol. The summed E-state index contributed by atoms with van der Waals surface area (Å²) in [5.41, 5.74) is 6.21. The molecule has 2 amide bonds. The summed E-state index contributed by atoms with van der Waals surface area (Å²) in [6.45, 7) is 6.59. The summed E-state index contributed by atoms with van der Waals surface area (Å²) in [6.07, 6.45) is 2.61. The highest BCUT2D eigenvalue weighted by molar-refractivity contribution is 6.02. The molecule has 0 atom stereocenters. The Morgan fingerprint density at radius 1 is 0.969 bits per heavy atom. The fourth-order valence-electron chi connectivity index (χ4n) is 3.30.